The Morgan fingerprint density at radius 1 is 1.29 bits per heavy atom. The van der Waals surface area contributed by atoms with Crippen LogP contribution < -0.4 is 16.0 Å². The number of nitrogens with zero attached hydrogens (tertiary/aromatic N) is 1. The Kier molecular flexibility index (Phi) is 3.50. The molecule has 0 aromatic heterocycles. The number of hydrogen-bond donors (Lipinski definition) is 2. The van der Waals surface area contributed by atoms with Crippen LogP contribution in [0.1, 0.15) is 12.8 Å². The summed E-state index contributed by atoms with van der Waals surface area (Å²) in [7, 11) is 0. The van der Waals surface area contributed by atoms with E-state index in [1.54, 1.807) is 0 Å². The van der Waals surface area contributed by atoms with Gasteiger partial charge in [-0.2, -0.15) is 0 Å². The lowest BCUT2D eigenvalue weighted by molar-refractivity contribution is -0.122. The van der Waals surface area contributed by atoms with Gasteiger partial charge < -0.3 is 10.6 Å². The van der Waals surface area contributed by atoms with Gasteiger partial charge in [0.2, 0.25) is 0 Å². The maximum Gasteiger partial charge on any atom is 0.138 e. The Balaban J connectivity index is 1.75. The molecule has 0 bridgehead atoms. The lowest BCUT2D eigenvalue weighted by atomic mass is 9.97. The van der Waals surface area contributed by atoms with Gasteiger partial charge >= 0.3 is 0 Å². The number of carbonyl (C=O) groups is 1. The molecule has 0 aromatic carbocycles. The predicted molar refractivity (Wildman–Crippen MR) is 54.3 cm³/mol. The molecule has 2 unspecified atom stereocenters. The molecule has 0 aliphatic carbocycles. The van der Waals surface area contributed by atoms with Crippen molar-refractivity contribution in [2.75, 3.05) is 32.7 Å². The van der Waals surface area contributed by atoms with Crippen molar-refractivity contribution in [1.29, 1.82) is 0 Å². The quantitative estimate of drug-likeness (QED) is 0.617. The molecule has 2 atom stereocenters. The monoisotopic (exact) mass is 196 g/mol. The fourth-order valence-corrected chi connectivity index (χ4v) is 2.12. The van der Waals surface area contributed by atoms with Crippen molar-refractivity contribution in [3.63, 3.8) is 0 Å². The van der Waals surface area contributed by atoms with Gasteiger partial charge in [0.05, 0.1) is 0 Å². The molecule has 2 aliphatic rings. The summed E-state index contributed by atoms with van der Waals surface area (Å²) in [6.07, 6.45) is 1.65. The molecule has 4 heteroatoms. The highest BCUT2D eigenvalue weighted by Gasteiger charge is 2.25. The summed E-state index contributed by atoms with van der Waals surface area (Å²) in [5.41, 5.74) is 0. The van der Waals surface area contributed by atoms with E-state index in [9.17, 15) is 4.79 Å². The van der Waals surface area contributed by atoms with Crippen molar-refractivity contribution in [1.82, 2.24) is 16.0 Å². The lowest BCUT2D eigenvalue weighted by Gasteiger charge is -2.22. The maximum atomic E-state index is 11.8. The second-order valence-corrected chi connectivity index (χ2v) is 4.12. The molecular formula is C10H18N3O. The Bertz CT molecular complexity index is 196. The van der Waals surface area contributed by atoms with Gasteiger partial charge in [-0.15, -0.1) is 0 Å². The molecule has 2 fully saturated rings. The summed E-state index contributed by atoms with van der Waals surface area (Å²) in [6.45, 7) is 4.58. The van der Waals surface area contributed by atoms with Crippen LogP contribution in [0.2, 0.25) is 0 Å². The first-order valence-electron chi connectivity index (χ1n) is 5.47. The molecule has 2 saturated heterocycles. The summed E-state index contributed by atoms with van der Waals surface area (Å²) in [5, 5.41) is 10.9. The third-order valence-corrected chi connectivity index (χ3v) is 3.01. The predicted octanol–water partition coefficient (Wildman–Crippen LogP) is -0.869. The highest BCUT2D eigenvalue weighted by atomic mass is 16.1. The highest BCUT2D eigenvalue weighted by molar-refractivity contribution is 5.82. The average molecular weight is 196 g/mol. The van der Waals surface area contributed by atoms with Crippen molar-refractivity contribution in [2.45, 2.75) is 18.9 Å². The van der Waals surface area contributed by atoms with Crippen molar-refractivity contribution < 1.29 is 4.79 Å². The first kappa shape index (κ1) is 10.1. The molecule has 0 aromatic rings. The van der Waals surface area contributed by atoms with E-state index in [4.69, 9.17) is 0 Å². The number of nitrogens with one attached hydrogen (secondary N) is 2. The number of rotatable bonds is 3. The summed E-state index contributed by atoms with van der Waals surface area (Å²) < 4.78 is 0. The Hall–Kier alpha value is -0.450. The van der Waals surface area contributed by atoms with Crippen molar-refractivity contribution in [2.24, 2.45) is 5.92 Å². The van der Waals surface area contributed by atoms with Crippen LogP contribution in [0, 0.1) is 5.92 Å². The molecule has 2 rings (SSSR count). The first-order valence-corrected chi connectivity index (χ1v) is 5.47. The van der Waals surface area contributed by atoms with Crippen LogP contribution >= 0.6 is 0 Å². The van der Waals surface area contributed by atoms with Gasteiger partial charge in [0.1, 0.15) is 5.78 Å². The van der Waals surface area contributed by atoms with E-state index in [-0.39, 0.29) is 12.0 Å². The van der Waals surface area contributed by atoms with E-state index < -0.39 is 0 Å². The minimum atomic E-state index is 0.233. The van der Waals surface area contributed by atoms with E-state index >= 15 is 0 Å². The van der Waals surface area contributed by atoms with E-state index in [0.29, 0.717) is 12.2 Å². The number of Topliss-reactive ketones (excluding diaryl/α,β-unsaturated/α-hetero) is 1. The largest absolute Gasteiger partial charge is 0.316 e. The zero-order chi connectivity index (χ0) is 9.80. The molecule has 1 radical (unpaired) electrons. The van der Waals surface area contributed by atoms with Crippen LogP contribution in [-0.2, 0) is 4.79 Å². The van der Waals surface area contributed by atoms with Gasteiger partial charge in [-0.1, -0.05) is 0 Å². The molecule has 0 saturated carbocycles. The average Bonchev–Trinajstić information content (AvgIpc) is 2.72. The van der Waals surface area contributed by atoms with Crippen LogP contribution in [0.15, 0.2) is 0 Å². The third-order valence-electron chi connectivity index (χ3n) is 3.01. The highest BCUT2D eigenvalue weighted by Crippen LogP contribution is 2.12. The van der Waals surface area contributed by atoms with Gasteiger partial charge in [-0.3, -0.25) is 4.79 Å². The molecule has 0 spiro atoms. The van der Waals surface area contributed by atoms with Gasteiger partial charge in [-0.05, 0) is 13.0 Å². The van der Waals surface area contributed by atoms with Crippen LogP contribution in [0.4, 0.5) is 0 Å². The third kappa shape index (κ3) is 2.53. The zero-order valence-corrected chi connectivity index (χ0v) is 8.46. The zero-order valence-electron chi connectivity index (χ0n) is 8.46. The summed E-state index contributed by atoms with van der Waals surface area (Å²) in [6, 6.07) is 0.233. The summed E-state index contributed by atoms with van der Waals surface area (Å²) in [4.78, 5) is 11.8. The minimum Gasteiger partial charge on any atom is -0.316 e. The van der Waals surface area contributed by atoms with E-state index in [2.05, 4.69) is 16.0 Å². The van der Waals surface area contributed by atoms with E-state index in [1.165, 1.54) is 0 Å². The Labute approximate surface area is 84.8 Å². The fourth-order valence-electron chi connectivity index (χ4n) is 2.12. The second-order valence-electron chi connectivity index (χ2n) is 4.12. The number of carbonyl (C=O) groups excluding carboxylic acids is 1. The lowest BCUT2D eigenvalue weighted by Crippen LogP contribution is -2.45. The standard InChI is InChI=1S/C10H18N3O/c14-10(8-1-2-11-6-8)5-9-7-12-3-4-13-9/h8-9,11-12H,1-7H2. The SMILES string of the molecule is O=C(CC1CNCC[N]1)C1CCNC1. The maximum absolute atomic E-state index is 11.8. The molecule has 2 N–H and O–H groups in total. The van der Waals surface area contributed by atoms with Crippen LogP contribution in [0.5, 0.6) is 0 Å². The first-order chi connectivity index (χ1) is 6.86. The minimum absolute atomic E-state index is 0.233. The molecule has 0 amide bonds. The van der Waals surface area contributed by atoms with Crippen LogP contribution in [0.3, 0.4) is 0 Å². The van der Waals surface area contributed by atoms with Crippen molar-refractivity contribution in [3.8, 4) is 0 Å². The van der Waals surface area contributed by atoms with Crippen molar-refractivity contribution in [3.05, 3.63) is 0 Å². The summed E-state index contributed by atoms with van der Waals surface area (Å²) >= 11 is 0. The number of hydrogen-bond acceptors (Lipinski definition) is 3. The molecular weight excluding hydrogens is 178 g/mol. The molecule has 79 valence electrons. The van der Waals surface area contributed by atoms with Gasteiger partial charge in [0.15, 0.2) is 0 Å². The topological polar surface area (TPSA) is 55.2 Å². The van der Waals surface area contributed by atoms with Crippen LogP contribution in [-0.4, -0.2) is 44.5 Å². The van der Waals surface area contributed by atoms with Crippen molar-refractivity contribution >= 4 is 5.78 Å². The molecule has 2 aliphatic heterocycles. The van der Waals surface area contributed by atoms with E-state index in [1.807, 2.05) is 0 Å². The van der Waals surface area contributed by atoms with Gasteiger partial charge in [0, 0.05) is 44.6 Å². The normalized spacial score (nSPS) is 33.1. The molecule has 14 heavy (non-hydrogen) atoms. The smallest absolute Gasteiger partial charge is 0.138 e. The number of piperazine rings is 1. The molecule has 4 nitrogen and oxygen atoms in total. The van der Waals surface area contributed by atoms with Crippen LogP contribution in [0.25, 0.3) is 0 Å². The number of ketones is 1. The van der Waals surface area contributed by atoms with Gasteiger partial charge in [-0.25, -0.2) is 5.32 Å². The Morgan fingerprint density at radius 3 is 2.79 bits per heavy atom. The fraction of sp³-hybridized carbons (Fsp3) is 0.900. The van der Waals surface area contributed by atoms with Gasteiger partial charge in [0.25, 0.3) is 0 Å². The Morgan fingerprint density at radius 2 is 2.14 bits per heavy atom. The second kappa shape index (κ2) is 4.87. The molecule has 2 heterocycles. The van der Waals surface area contributed by atoms with E-state index in [0.717, 1.165) is 39.1 Å². The summed E-state index contributed by atoms with van der Waals surface area (Å²) in [5.74, 6) is 0.652.